The molecule has 0 aromatic carbocycles. The van der Waals surface area contributed by atoms with Gasteiger partial charge in [0.25, 0.3) is 0 Å². The zero-order valence-electron chi connectivity index (χ0n) is 13.3. The normalized spacial score (nSPS) is 17.9. The maximum atomic E-state index is 9.08. The molecule has 2 nitrogen and oxygen atoms in total. The Hall–Kier alpha value is -0.580. The van der Waals surface area contributed by atoms with Crippen LogP contribution in [0.5, 0.6) is 0 Å². The Morgan fingerprint density at radius 1 is 1.55 bits per heavy atom. The van der Waals surface area contributed by atoms with Crippen molar-refractivity contribution in [1.29, 1.82) is 0 Å². The first-order valence-electron chi connectivity index (χ1n) is 6.79. The zero-order valence-corrected chi connectivity index (χ0v) is 15.0. The topological polar surface area (TPSA) is 29.5 Å². The molecule has 0 aliphatic heterocycles. The van der Waals surface area contributed by atoms with Gasteiger partial charge in [-0.05, 0) is 54.8 Å². The molecule has 1 N–H and O–H groups in total. The Balaban J connectivity index is 4.30. The van der Waals surface area contributed by atoms with Crippen LogP contribution in [-0.2, 0) is 4.74 Å². The lowest BCUT2D eigenvalue weighted by Crippen LogP contribution is -2.16. The van der Waals surface area contributed by atoms with Gasteiger partial charge < -0.3 is 9.84 Å². The molecule has 0 bridgehead atoms. The summed E-state index contributed by atoms with van der Waals surface area (Å²) in [6, 6.07) is 0. The fraction of sp³-hybridized carbons (Fsp3) is 0.625. The van der Waals surface area contributed by atoms with Gasteiger partial charge >= 0.3 is 0 Å². The molecule has 20 heavy (non-hydrogen) atoms. The Morgan fingerprint density at radius 3 is 2.70 bits per heavy atom. The maximum Gasteiger partial charge on any atom is 0.202 e. The number of allylic oxidation sites excluding steroid dienone is 2. The van der Waals surface area contributed by atoms with Gasteiger partial charge in [-0.25, -0.2) is 10.0 Å². The smallest absolute Gasteiger partial charge is 0.202 e. The highest BCUT2D eigenvalue weighted by atomic mass is 32.3. The van der Waals surface area contributed by atoms with Crippen molar-refractivity contribution in [3.05, 3.63) is 24.7 Å². The van der Waals surface area contributed by atoms with Gasteiger partial charge in [0.1, 0.15) is 6.26 Å². The maximum absolute atomic E-state index is 9.08. The molecule has 4 heteroatoms. The predicted molar refractivity (Wildman–Crippen MR) is 96.4 cm³/mol. The van der Waals surface area contributed by atoms with Crippen molar-refractivity contribution in [2.45, 2.75) is 13.3 Å². The summed E-state index contributed by atoms with van der Waals surface area (Å²) in [5.74, 6) is 5.01. The molecular weight excluding hydrogens is 287 g/mol. The van der Waals surface area contributed by atoms with Gasteiger partial charge in [-0.3, -0.25) is 0 Å². The molecule has 0 heterocycles. The molecule has 2 unspecified atom stereocenters. The molecule has 2 atom stereocenters. The van der Waals surface area contributed by atoms with E-state index in [1.54, 1.807) is 0 Å². The van der Waals surface area contributed by atoms with Crippen molar-refractivity contribution in [1.82, 2.24) is 0 Å². The fourth-order valence-electron chi connectivity index (χ4n) is 2.19. The Bertz CT molecular complexity index is 360. The standard InChI is InChI=1S/C16H29O2PS/c1-7-15(3)13-20(6,14-19(4)5)11-9-10-18-12-16(17)8-2/h2,7,12,15,17H,1,9-11,13-14H2,3-6H3/b16-12-. The summed E-state index contributed by atoms with van der Waals surface area (Å²) in [5, 5.41) is 9.08. The van der Waals surface area contributed by atoms with Crippen LogP contribution in [0.4, 0.5) is 0 Å². The molecule has 0 aliphatic rings. The zero-order chi connectivity index (χ0) is 15.6. The summed E-state index contributed by atoms with van der Waals surface area (Å²) in [6.07, 6.45) is 11.8. The van der Waals surface area contributed by atoms with Gasteiger partial charge in [0.15, 0.2) is 0 Å². The summed E-state index contributed by atoms with van der Waals surface area (Å²) in [5.41, 5.74) is 1.35. The summed E-state index contributed by atoms with van der Waals surface area (Å²) in [7, 11) is -0.480. The number of hydrogen-bond donors (Lipinski definition) is 1. The highest BCUT2D eigenvalue weighted by Gasteiger charge is 2.21. The molecule has 0 aliphatic carbocycles. The summed E-state index contributed by atoms with van der Waals surface area (Å²) in [6.45, 7) is 11.5. The van der Waals surface area contributed by atoms with Gasteiger partial charge in [-0.1, -0.05) is 13.0 Å². The van der Waals surface area contributed by atoms with E-state index in [-0.39, 0.29) is 13.7 Å². The molecule has 0 saturated heterocycles. The molecule has 0 amide bonds. The lowest BCUT2D eigenvalue weighted by molar-refractivity contribution is 0.234. The van der Waals surface area contributed by atoms with Crippen molar-refractivity contribution < 1.29 is 9.84 Å². The van der Waals surface area contributed by atoms with Crippen molar-refractivity contribution in [2.24, 2.45) is 5.92 Å². The highest BCUT2D eigenvalue weighted by molar-refractivity contribution is 8.35. The third-order valence-electron chi connectivity index (χ3n) is 2.88. The summed E-state index contributed by atoms with van der Waals surface area (Å²) >= 11 is 0. The number of aliphatic hydroxyl groups excluding tert-OH is 1. The SMILES string of the molecule is C#C/C(O)=C/OCCCS(C)(CC(C)C=C)CP(C)C. The van der Waals surface area contributed by atoms with Gasteiger partial charge in [0.05, 0.1) is 6.61 Å². The van der Waals surface area contributed by atoms with Crippen LogP contribution in [0.3, 0.4) is 0 Å². The summed E-state index contributed by atoms with van der Waals surface area (Å²) < 4.78 is 5.26. The second-order valence-electron chi connectivity index (χ2n) is 5.64. The van der Waals surface area contributed by atoms with E-state index in [0.717, 1.165) is 6.42 Å². The lowest BCUT2D eigenvalue weighted by atomic mass is 10.2. The van der Waals surface area contributed by atoms with Crippen molar-refractivity contribution in [3.8, 4) is 12.3 Å². The second kappa shape index (κ2) is 10.2. The average Bonchev–Trinajstić information content (AvgIpc) is 2.36. The monoisotopic (exact) mass is 316 g/mol. The van der Waals surface area contributed by atoms with E-state index in [1.165, 1.54) is 23.3 Å². The van der Waals surface area contributed by atoms with E-state index in [1.807, 2.05) is 0 Å². The molecule has 0 aromatic rings. The van der Waals surface area contributed by atoms with Crippen molar-refractivity contribution in [2.75, 3.05) is 43.2 Å². The third-order valence-corrected chi connectivity index (χ3v) is 10.0. The Kier molecular flexibility index (Phi) is 9.90. The van der Waals surface area contributed by atoms with Crippen LogP contribution < -0.4 is 0 Å². The average molecular weight is 316 g/mol. The van der Waals surface area contributed by atoms with Crippen LogP contribution in [0, 0.1) is 18.3 Å². The van der Waals surface area contributed by atoms with E-state index in [2.05, 4.69) is 45.1 Å². The number of aliphatic hydroxyl groups is 1. The van der Waals surface area contributed by atoms with Crippen molar-refractivity contribution >= 4 is 17.9 Å². The van der Waals surface area contributed by atoms with Gasteiger partial charge in [-0.15, -0.1) is 20.9 Å². The largest absolute Gasteiger partial charge is 0.499 e. The van der Waals surface area contributed by atoms with Crippen molar-refractivity contribution in [3.63, 3.8) is 0 Å². The van der Waals surface area contributed by atoms with Gasteiger partial charge in [0.2, 0.25) is 5.76 Å². The first-order chi connectivity index (χ1) is 9.33. The Labute approximate surface area is 127 Å². The predicted octanol–water partition coefficient (Wildman–Crippen LogP) is 4.38. The lowest BCUT2D eigenvalue weighted by Gasteiger charge is -2.39. The minimum absolute atomic E-state index is 0.122. The van der Waals surface area contributed by atoms with Crippen LogP contribution >= 0.6 is 17.9 Å². The van der Waals surface area contributed by atoms with E-state index in [0.29, 0.717) is 12.5 Å². The highest BCUT2D eigenvalue weighted by Crippen LogP contribution is 2.54. The van der Waals surface area contributed by atoms with E-state index < -0.39 is 10.0 Å². The van der Waals surface area contributed by atoms with Crippen LogP contribution in [-0.4, -0.2) is 48.3 Å². The fourth-order valence-corrected chi connectivity index (χ4v) is 10.5. The third kappa shape index (κ3) is 9.34. The van der Waals surface area contributed by atoms with Crippen LogP contribution in [0.15, 0.2) is 24.7 Å². The molecule has 0 fully saturated rings. The Morgan fingerprint density at radius 2 is 2.20 bits per heavy atom. The van der Waals surface area contributed by atoms with E-state index in [4.69, 9.17) is 16.3 Å². The quantitative estimate of drug-likeness (QED) is 0.213. The number of hydrogen-bond acceptors (Lipinski definition) is 2. The minimum Gasteiger partial charge on any atom is -0.499 e. The molecule has 0 rings (SSSR count). The summed E-state index contributed by atoms with van der Waals surface area (Å²) in [4.78, 5) is 0. The van der Waals surface area contributed by atoms with Crippen LogP contribution in [0.2, 0.25) is 0 Å². The number of terminal acetylenes is 1. The number of rotatable bonds is 10. The van der Waals surface area contributed by atoms with Crippen LogP contribution in [0.1, 0.15) is 13.3 Å². The van der Waals surface area contributed by atoms with Gasteiger partial charge in [0, 0.05) is 0 Å². The molecule has 116 valence electrons. The first-order valence-corrected chi connectivity index (χ1v) is 11.8. The minimum atomic E-state index is -0.602. The molecule has 0 aromatic heterocycles. The molecule has 0 radical (unpaired) electrons. The van der Waals surface area contributed by atoms with E-state index >= 15 is 0 Å². The van der Waals surface area contributed by atoms with Crippen LogP contribution in [0.25, 0.3) is 0 Å². The molecule has 0 spiro atoms. The molecular formula is C16H29O2PS. The first kappa shape index (κ1) is 19.4. The van der Waals surface area contributed by atoms with Gasteiger partial charge in [-0.2, -0.15) is 0 Å². The van der Waals surface area contributed by atoms with E-state index in [9.17, 15) is 0 Å². The molecule has 0 saturated carbocycles. The second-order valence-corrected chi connectivity index (χ2v) is 12.5. The number of ether oxygens (including phenoxy) is 1.